The highest BCUT2D eigenvalue weighted by Crippen LogP contribution is 2.35. The Labute approximate surface area is 183 Å². The normalized spacial score (nSPS) is 13.3. The minimum Gasteiger partial charge on any atom is -0.288 e. The maximum atomic E-state index is 13.7. The highest BCUT2D eigenvalue weighted by molar-refractivity contribution is 7.18. The van der Waals surface area contributed by atoms with Gasteiger partial charge in [-0.05, 0) is 49.8 Å². The Morgan fingerprint density at radius 1 is 1.13 bits per heavy atom. The molecule has 0 saturated carbocycles. The van der Waals surface area contributed by atoms with Crippen molar-refractivity contribution in [2.75, 3.05) is 0 Å². The summed E-state index contributed by atoms with van der Waals surface area (Å²) in [6.45, 7) is 2.33. The molecule has 156 valence electrons. The van der Waals surface area contributed by atoms with Gasteiger partial charge in [0.05, 0.1) is 16.9 Å². The van der Waals surface area contributed by atoms with Crippen molar-refractivity contribution < 1.29 is 4.92 Å². The van der Waals surface area contributed by atoms with E-state index >= 15 is 0 Å². The fourth-order valence-corrected chi connectivity index (χ4v) is 5.55. The van der Waals surface area contributed by atoms with Gasteiger partial charge in [0.15, 0.2) is 0 Å². The van der Waals surface area contributed by atoms with Crippen molar-refractivity contribution in [3.63, 3.8) is 0 Å². The van der Waals surface area contributed by atoms with Gasteiger partial charge >= 0.3 is 0 Å². The Balaban J connectivity index is 1.71. The molecule has 0 saturated heterocycles. The zero-order valence-corrected chi connectivity index (χ0v) is 17.9. The summed E-state index contributed by atoms with van der Waals surface area (Å²) in [6, 6.07) is 14.4. The first-order valence-electron chi connectivity index (χ1n) is 10.4. The standard InChI is InChI=1S/C24H21N3O3S/c1-15-5-4-6-17(13-15)22-25-23-21(19-7-2-3-8-20(19)31-23)24(28)26(22)14-16-9-11-18(12-10-16)27(29)30/h4-6,9-13H,2-3,7-8,14H2,1H3. The molecule has 0 atom stereocenters. The fourth-order valence-electron chi connectivity index (χ4n) is 4.30. The third-order valence-corrected chi connectivity index (χ3v) is 7.02. The van der Waals surface area contributed by atoms with E-state index in [1.54, 1.807) is 28.0 Å². The van der Waals surface area contributed by atoms with Gasteiger partial charge in [-0.3, -0.25) is 19.5 Å². The number of nitro benzene ring substituents is 1. The molecule has 5 rings (SSSR count). The number of benzene rings is 2. The Morgan fingerprint density at radius 3 is 2.65 bits per heavy atom. The predicted molar refractivity (Wildman–Crippen MR) is 123 cm³/mol. The second-order valence-corrected chi connectivity index (χ2v) is 9.09. The van der Waals surface area contributed by atoms with Crippen LogP contribution in [0, 0.1) is 17.0 Å². The average Bonchev–Trinajstić information content (AvgIpc) is 3.14. The highest BCUT2D eigenvalue weighted by Gasteiger charge is 2.23. The molecule has 0 bridgehead atoms. The van der Waals surface area contributed by atoms with Crippen LogP contribution in [0.15, 0.2) is 53.3 Å². The monoisotopic (exact) mass is 431 g/mol. The fraction of sp³-hybridized carbons (Fsp3) is 0.250. The first kappa shape index (κ1) is 19.6. The first-order chi connectivity index (χ1) is 15.0. The summed E-state index contributed by atoms with van der Waals surface area (Å²) in [5, 5.41) is 11.7. The second-order valence-electron chi connectivity index (χ2n) is 8.01. The van der Waals surface area contributed by atoms with Gasteiger partial charge in [-0.1, -0.05) is 35.9 Å². The van der Waals surface area contributed by atoms with E-state index in [4.69, 9.17) is 4.98 Å². The Morgan fingerprint density at radius 2 is 1.90 bits per heavy atom. The van der Waals surface area contributed by atoms with Crippen LogP contribution in [-0.2, 0) is 19.4 Å². The van der Waals surface area contributed by atoms with Crippen molar-refractivity contribution in [3.8, 4) is 11.4 Å². The maximum absolute atomic E-state index is 13.7. The van der Waals surface area contributed by atoms with Crippen molar-refractivity contribution in [1.29, 1.82) is 0 Å². The number of fused-ring (bicyclic) bond motifs is 3. The van der Waals surface area contributed by atoms with Crippen molar-refractivity contribution in [2.24, 2.45) is 0 Å². The third kappa shape index (κ3) is 3.55. The number of rotatable bonds is 4. The number of non-ortho nitro benzene ring substituents is 1. The van der Waals surface area contributed by atoms with Crippen LogP contribution in [0.1, 0.15) is 34.4 Å². The number of aromatic nitrogens is 2. The SMILES string of the molecule is Cc1cccc(-c2nc3sc4c(c3c(=O)n2Cc2ccc([N+](=O)[O-])cc2)CCCC4)c1. The number of thiophene rings is 1. The summed E-state index contributed by atoms with van der Waals surface area (Å²) in [5.41, 5.74) is 3.99. The van der Waals surface area contributed by atoms with Crippen molar-refractivity contribution in [1.82, 2.24) is 9.55 Å². The molecule has 6 nitrogen and oxygen atoms in total. The Bertz CT molecular complexity index is 1370. The largest absolute Gasteiger partial charge is 0.288 e. The molecule has 4 aromatic rings. The first-order valence-corrected chi connectivity index (χ1v) is 11.2. The second kappa shape index (κ2) is 7.74. The Hall–Kier alpha value is -3.32. The molecule has 7 heteroatoms. The van der Waals surface area contributed by atoms with Crippen molar-refractivity contribution >= 4 is 27.2 Å². The molecule has 0 radical (unpaired) electrons. The molecule has 0 unspecified atom stereocenters. The lowest BCUT2D eigenvalue weighted by Gasteiger charge is -2.14. The predicted octanol–water partition coefficient (Wildman–Crippen LogP) is 5.27. The van der Waals surface area contributed by atoms with Gasteiger partial charge < -0.3 is 0 Å². The van der Waals surface area contributed by atoms with E-state index in [2.05, 4.69) is 0 Å². The van der Waals surface area contributed by atoms with Gasteiger partial charge in [-0.15, -0.1) is 11.3 Å². The molecule has 31 heavy (non-hydrogen) atoms. The highest BCUT2D eigenvalue weighted by atomic mass is 32.1. The number of hydrogen-bond acceptors (Lipinski definition) is 5. The molecule has 0 fully saturated rings. The molecule has 0 spiro atoms. The lowest BCUT2D eigenvalue weighted by molar-refractivity contribution is -0.384. The van der Waals surface area contributed by atoms with Crippen LogP contribution < -0.4 is 5.56 Å². The smallest absolute Gasteiger partial charge is 0.269 e. The number of hydrogen-bond donors (Lipinski definition) is 0. The van der Waals surface area contributed by atoms with E-state index < -0.39 is 4.92 Å². The zero-order valence-electron chi connectivity index (χ0n) is 17.1. The van der Waals surface area contributed by atoms with Gasteiger partial charge in [0.2, 0.25) is 0 Å². The molecule has 1 aliphatic rings. The average molecular weight is 432 g/mol. The number of nitro groups is 1. The molecule has 0 N–H and O–H groups in total. The van der Waals surface area contributed by atoms with Crippen molar-refractivity contribution in [3.05, 3.63) is 90.6 Å². The van der Waals surface area contributed by atoms with E-state index in [0.717, 1.165) is 58.2 Å². The zero-order chi connectivity index (χ0) is 21.5. The third-order valence-electron chi connectivity index (χ3n) is 5.84. The van der Waals surface area contributed by atoms with Gasteiger partial charge in [-0.2, -0.15) is 0 Å². The van der Waals surface area contributed by atoms with Crippen LogP contribution in [0.3, 0.4) is 0 Å². The maximum Gasteiger partial charge on any atom is 0.269 e. The summed E-state index contributed by atoms with van der Waals surface area (Å²) >= 11 is 1.65. The van der Waals surface area contributed by atoms with E-state index in [1.165, 1.54) is 17.0 Å². The van der Waals surface area contributed by atoms with Gasteiger partial charge in [0.25, 0.3) is 11.2 Å². The number of nitrogens with zero attached hydrogens (tertiary/aromatic N) is 3. The lowest BCUT2D eigenvalue weighted by atomic mass is 9.97. The van der Waals surface area contributed by atoms with Crippen LogP contribution in [0.2, 0.25) is 0 Å². The van der Waals surface area contributed by atoms with Gasteiger partial charge in [-0.25, -0.2) is 4.98 Å². The summed E-state index contributed by atoms with van der Waals surface area (Å²) in [6.07, 6.45) is 4.19. The van der Waals surface area contributed by atoms with Gasteiger partial charge in [0, 0.05) is 22.6 Å². The minimum absolute atomic E-state index is 0.0285. The topological polar surface area (TPSA) is 78.0 Å². The quantitative estimate of drug-likeness (QED) is 0.326. The van der Waals surface area contributed by atoms with Crippen LogP contribution in [-0.4, -0.2) is 14.5 Å². The van der Waals surface area contributed by atoms with E-state index in [1.807, 2.05) is 31.2 Å². The molecule has 2 heterocycles. The molecule has 2 aromatic heterocycles. The molecular formula is C24H21N3O3S. The van der Waals surface area contributed by atoms with Crippen LogP contribution in [0.5, 0.6) is 0 Å². The van der Waals surface area contributed by atoms with Crippen molar-refractivity contribution in [2.45, 2.75) is 39.2 Å². The summed E-state index contributed by atoms with van der Waals surface area (Å²) < 4.78 is 1.72. The lowest BCUT2D eigenvalue weighted by Crippen LogP contribution is -2.24. The van der Waals surface area contributed by atoms with Crippen LogP contribution >= 0.6 is 11.3 Å². The molecule has 0 amide bonds. The molecule has 1 aliphatic carbocycles. The summed E-state index contributed by atoms with van der Waals surface area (Å²) in [4.78, 5) is 31.4. The van der Waals surface area contributed by atoms with Crippen LogP contribution in [0.25, 0.3) is 21.6 Å². The number of aryl methyl sites for hydroxylation is 3. The Kier molecular flexibility index (Phi) is 4.90. The van der Waals surface area contributed by atoms with E-state index in [0.29, 0.717) is 12.4 Å². The van der Waals surface area contributed by atoms with Gasteiger partial charge in [0.1, 0.15) is 10.7 Å². The minimum atomic E-state index is -0.417. The molecule has 2 aromatic carbocycles. The van der Waals surface area contributed by atoms with Crippen LogP contribution in [0.4, 0.5) is 5.69 Å². The van der Waals surface area contributed by atoms with E-state index in [-0.39, 0.29) is 11.2 Å². The molecular weight excluding hydrogens is 410 g/mol. The molecule has 0 aliphatic heterocycles. The summed E-state index contributed by atoms with van der Waals surface area (Å²) in [5.74, 6) is 0.637. The summed E-state index contributed by atoms with van der Waals surface area (Å²) in [7, 11) is 0. The van der Waals surface area contributed by atoms with E-state index in [9.17, 15) is 14.9 Å².